The van der Waals surface area contributed by atoms with Crippen molar-refractivity contribution in [3.8, 4) is 5.75 Å². The molecule has 0 amide bonds. The molecule has 0 atom stereocenters. The van der Waals surface area contributed by atoms with E-state index in [1.54, 1.807) is 0 Å². The van der Waals surface area contributed by atoms with Crippen LogP contribution in [0.15, 0.2) is 17.0 Å². The van der Waals surface area contributed by atoms with Crippen LogP contribution in [0, 0.1) is 10.1 Å². The summed E-state index contributed by atoms with van der Waals surface area (Å²) in [5, 5.41) is 15.6. The summed E-state index contributed by atoms with van der Waals surface area (Å²) in [5.41, 5.74) is -0.878. The van der Waals surface area contributed by atoms with Crippen LogP contribution in [0.5, 0.6) is 5.75 Å². The molecule has 92 valence electrons. The van der Waals surface area contributed by atoms with Gasteiger partial charge in [-0.2, -0.15) is 0 Å². The Morgan fingerprint density at radius 3 is 2.41 bits per heavy atom. The monoisotopic (exact) mass is 260 g/mol. The molecule has 0 saturated carbocycles. The summed E-state index contributed by atoms with van der Waals surface area (Å²) in [6.07, 6.45) is 0.334. The van der Waals surface area contributed by atoms with E-state index in [-0.39, 0.29) is 11.3 Å². The standard InChI is InChI=1S/C8H8N2O6S/c1-16-6-2-5(4-11)3-7(17(9,14)15)8(6)10(12)13/h2-4H,1H3,(H2,9,14,15). The smallest absolute Gasteiger partial charge is 0.330 e. The summed E-state index contributed by atoms with van der Waals surface area (Å²) < 4.78 is 27.1. The number of nitro benzene ring substituents is 1. The Kier molecular flexibility index (Phi) is 3.44. The summed E-state index contributed by atoms with van der Waals surface area (Å²) in [6.45, 7) is 0. The van der Waals surface area contributed by atoms with Gasteiger partial charge in [-0.25, -0.2) is 13.6 Å². The maximum absolute atomic E-state index is 11.2. The van der Waals surface area contributed by atoms with E-state index in [0.717, 1.165) is 19.2 Å². The minimum absolute atomic E-state index is 0.0866. The third-order valence-electron chi connectivity index (χ3n) is 1.91. The van der Waals surface area contributed by atoms with E-state index >= 15 is 0 Å². The Balaban J connectivity index is 3.76. The molecule has 1 aromatic rings. The highest BCUT2D eigenvalue weighted by atomic mass is 32.2. The van der Waals surface area contributed by atoms with E-state index in [4.69, 9.17) is 5.14 Å². The summed E-state index contributed by atoms with van der Waals surface area (Å²) in [4.78, 5) is 19.6. The van der Waals surface area contributed by atoms with Crippen LogP contribution in [0.2, 0.25) is 0 Å². The molecular weight excluding hydrogens is 252 g/mol. The molecule has 0 bridgehead atoms. The van der Waals surface area contributed by atoms with Gasteiger partial charge in [0.1, 0.15) is 6.29 Å². The summed E-state index contributed by atoms with van der Waals surface area (Å²) in [5.74, 6) is -0.344. The first-order valence-corrected chi connectivity index (χ1v) is 5.70. The van der Waals surface area contributed by atoms with Crippen molar-refractivity contribution >= 4 is 22.0 Å². The molecule has 9 heteroatoms. The van der Waals surface area contributed by atoms with Gasteiger partial charge >= 0.3 is 5.69 Å². The lowest BCUT2D eigenvalue weighted by molar-refractivity contribution is -0.388. The van der Waals surface area contributed by atoms with E-state index in [9.17, 15) is 23.3 Å². The van der Waals surface area contributed by atoms with Crippen molar-refractivity contribution in [2.24, 2.45) is 5.14 Å². The minimum Gasteiger partial charge on any atom is -0.490 e. The van der Waals surface area contributed by atoms with Crippen molar-refractivity contribution in [3.63, 3.8) is 0 Å². The van der Waals surface area contributed by atoms with Gasteiger partial charge in [0, 0.05) is 5.56 Å². The van der Waals surface area contributed by atoms with Crippen molar-refractivity contribution in [2.75, 3.05) is 7.11 Å². The van der Waals surface area contributed by atoms with Crippen LogP contribution in [-0.4, -0.2) is 26.7 Å². The number of carbonyl (C=O) groups is 1. The van der Waals surface area contributed by atoms with Crippen LogP contribution in [-0.2, 0) is 10.0 Å². The summed E-state index contributed by atoms with van der Waals surface area (Å²) in [7, 11) is -3.21. The van der Waals surface area contributed by atoms with Gasteiger partial charge in [-0.15, -0.1) is 0 Å². The average molecular weight is 260 g/mol. The molecule has 0 radical (unpaired) electrons. The zero-order valence-corrected chi connectivity index (χ0v) is 9.43. The maximum atomic E-state index is 11.2. The number of ether oxygens (including phenoxy) is 1. The number of carbonyl (C=O) groups excluding carboxylic acids is 1. The second-order valence-electron chi connectivity index (χ2n) is 2.99. The van der Waals surface area contributed by atoms with Crippen LogP contribution < -0.4 is 9.88 Å². The van der Waals surface area contributed by atoms with Gasteiger partial charge in [0.25, 0.3) is 0 Å². The third-order valence-corrected chi connectivity index (χ3v) is 2.83. The fourth-order valence-electron chi connectivity index (χ4n) is 1.22. The number of nitrogens with two attached hydrogens (primary N) is 1. The Hall–Kier alpha value is -2.00. The van der Waals surface area contributed by atoms with Crippen molar-refractivity contribution in [1.29, 1.82) is 0 Å². The van der Waals surface area contributed by atoms with E-state index < -0.39 is 25.5 Å². The molecule has 0 spiro atoms. The summed E-state index contributed by atoms with van der Waals surface area (Å²) in [6, 6.07) is 1.88. The normalized spacial score (nSPS) is 10.9. The van der Waals surface area contributed by atoms with Crippen LogP contribution in [0.25, 0.3) is 0 Å². The van der Waals surface area contributed by atoms with Crippen LogP contribution in [0.4, 0.5) is 5.69 Å². The number of rotatable bonds is 4. The first-order chi connectivity index (χ1) is 7.81. The predicted octanol–water partition coefficient (Wildman–Crippen LogP) is 0.0633. The van der Waals surface area contributed by atoms with Gasteiger partial charge in [0.05, 0.1) is 12.0 Å². The first-order valence-electron chi connectivity index (χ1n) is 4.15. The predicted molar refractivity (Wildman–Crippen MR) is 56.4 cm³/mol. The number of sulfonamides is 1. The number of primary sulfonamides is 1. The highest BCUT2D eigenvalue weighted by Crippen LogP contribution is 2.34. The number of nitro groups is 1. The molecule has 0 aliphatic rings. The second kappa shape index (κ2) is 4.47. The highest BCUT2D eigenvalue weighted by Gasteiger charge is 2.28. The average Bonchev–Trinajstić information content (AvgIpc) is 2.25. The number of hydrogen-bond donors (Lipinski definition) is 1. The molecule has 0 aromatic heterocycles. The van der Waals surface area contributed by atoms with Crippen LogP contribution in [0.1, 0.15) is 10.4 Å². The van der Waals surface area contributed by atoms with Crippen molar-refractivity contribution in [3.05, 3.63) is 27.8 Å². The van der Waals surface area contributed by atoms with Crippen LogP contribution in [0.3, 0.4) is 0 Å². The van der Waals surface area contributed by atoms with Gasteiger partial charge < -0.3 is 4.74 Å². The zero-order valence-electron chi connectivity index (χ0n) is 8.61. The van der Waals surface area contributed by atoms with Crippen molar-refractivity contribution in [1.82, 2.24) is 0 Å². The van der Waals surface area contributed by atoms with Gasteiger partial charge in [-0.05, 0) is 12.1 Å². The lowest BCUT2D eigenvalue weighted by atomic mass is 10.2. The third kappa shape index (κ3) is 2.57. The highest BCUT2D eigenvalue weighted by molar-refractivity contribution is 7.89. The quantitative estimate of drug-likeness (QED) is 0.463. The van der Waals surface area contributed by atoms with Crippen molar-refractivity contribution < 1.29 is 22.9 Å². The van der Waals surface area contributed by atoms with Gasteiger partial charge in [0.2, 0.25) is 10.0 Å². The van der Waals surface area contributed by atoms with Gasteiger partial charge in [-0.1, -0.05) is 0 Å². The van der Waals surface area contributed by atoms with E-state index in [2.05, 4.69) is 4.74 Å². The largest absolute Gasteiger partial charge is 0.490 e. The maximum Gasteiger partial charge on any atom is 0.330 e. The SMILES string of the molecule is COc1cc(C=O)cc(S(N)(=O)=O)c1[N+](=O)[O-]. The van der Waals surface area contributed by atoms with Gasteiger partial charge in [-0.3, -0.25) is 14.9 Å². The Bertz CT molecular complexity index is 580. The van der Waals surface area contributed by atoms with Crippen molar-refractivity contribution in [2.45, 2.75) is 4.90 Å². The van der Waals surface area contributed by atoms with E-state index in [1.807, 2.05) is 0 Å². The van der Waals surface area contributed by atoms with Crippen LogP contribution >= 0.6 is 0 Å². The molecule has 1 rings (SSSR count). The number of nitrogens with zero attached hydrogens (tertiary/aromatic N) is 1. The Morgan fingerprint density at radius 2 is 2.06 bits per heavy atom. The fourth-order valence-corrected chi connectivity index (χ4v) is 1.97. The van der Waals surface area contributed by atoms with E-state index in [1.165, 1.54) is 0 Å². The lowest BCUT2D eigenvalue weighted by Gasteiger charge is -2.06. The fraction of sp³-hybridized carbons (Fsp3) is 0.125. The molecule has 0 aliphatic carbocycles. The molecule has 17 heavy (non-hydrogen) atoms. The number of aldehydes is 1. The topological polar surface area (TPSA) is 130 Å². The first kappa shape index (κ1) is 13.1. The Morgan fingerprint density at radius 1 is 1.47 bits per heavy atom. The lowest BCUT2D eigenvalue weighted by Crippen LogP contribution is -2.15. The molecule has 1 aromatic carbocycles. The molecule has 0 saturated heterocycles. The zero-order chi connectivity index (χ0) is 13.2. The molecule has 2 N–H and O–H groups in total. The molecule has 0 unspecified atom stereocenters. The number of benzene rings is 1. The Labute approximate surface area is 96.2 Å². The number of hydrogen-bond acceptors (Lipinski definition) is 6. The molecule has 8 nitrogen and oxygen atoms in total. The molecular formula is C8H8N2O6S. The molecule has 0 fully saturated rings. The van der Waals surface area contributed by atoms with E-state index in [0.29, 0.717) is 6.29 Å². The second-order valence-corrected chi connectivity index (χ2v) is 4.52. The van der Waals surface area contributed by atoms with Gasteiger partial charge in [0.15, 0.2) is 10.6 Å². The number of methoxy groups -OCH3 is 1. The summed E-state index contributed by atoms with van der Waals surface area (Å²) >= 11 is 0. The molecule has 0 heterocycles. The minimum atomic E-state index is -4.32. The molecule has 0 aliphatic heterocycles.